The molecule has 0 unspecified atom stereocenters. The van der Waals surface area contributed by atoms with Gasteiger partial charge in [0.05, 0.1) is 17.4 Å². The van der Waals surface area contributed by atoms with E-state index in [1.807, 2.05) is 18.2 Å². The third kappa shape index (κ3) is 2.05. The molecule has 0 radical (unpaired) electrons. The summed E-state index contributed by atoms with van der Waals surface area (Å²) in [6.45, 7) is 0.291. The van der Waals surface area contributed by atoms with E-state index in [4.69, 9.17) is 9.15 Å². The molecule has 1 aliphatic carbocycles. The molecule has 1 aromatic carbocycles. The highest BCUT2D eigenvalue weighted by atomic mass is 16.5. The van der Waals surface area contributed by atoms with E-state index >= 15 is 0 Å². The van der Waals surface area contributed by atoms with Gasteiger partial charge in [0.2, 0.25) is 5.89 Å². The maximum atomic E-state index is 5.64. The Morgan fingerprint density at radius 1 is 1.32 bits per heavy atom. The van der Waals surface area contributed by atoms with Gasteiger partial charge in [0, 0.05) is 12.0 Å². The number of fused-ring (bicyclic) bond motifs is 1. The van der Waals surface area contributed by atoms with Crippen LogP contribution >= 0.6 is 0 Å². The third-order valence-electron chi connectivity index (χ3n) is 3.16. The molecule has 4 rings (SSSR count). The highest BCUT2D eigenvalue weighted by Crippen LogP contribution is 2.39. The lowest BCUT2D eigenvalue weighted by Gasteiger charge is -2.02. The van der Waals surface area contributed by atoms with Gasteiger partial charge in [-0.1, -0.05) is 0 Å². The second-order valence-corrected chi connectivity index (χ2v) is 4.68. The second kappa shape index (κ2) is 4.08. The Morgan fingerprint density at radius 3 is 3.16 bits per heavy atom. The van der Waals surface area contributed by atoms with Crippen LogP contribution in [0.4, 0.5) is 0 Å². The minimum absolute atomic E-state index is 0.291. The fourth-order valence-electron chi connectivity index (χ4n) is 1.97. The molecular formula is C13H12N4O2. The van der Waals surface area contributed by atoms with Gasteiger partial charge < -0.3 is 14.1 Å². The van der Waals surface area contributed by atoms with E-state index in [-0.39, 0.29) is 0 Å². The van der Waals surface area contributed by atoms with Crippen molar-refractivity contribution in [3.05, 3.63) is 36.3 Å². The number of nitrogens with one attached hydrogen (secondary N) is 1. The van der Waals surface area contributed by atoms with E-state index in [1.54, 1.807) is 6.33 Å². The topological polar surface area (TPSA) is 76.8 Å². The average Bonchev–Trinajstić information content (AvgIpc) is 3.01. The molecule has 0 atom stereocenters. The van der Waals surface area contributed by atoms with Crippen LogP contribution in [0.25, 0.3) is 11.0 Å². The van der Waals surface area contributed by atoms with E-state index < -0.39 is 0 Å². The summed E-state index contributed by atoms with van der Waals surface area (Å²) in [5, 5.41) is 8.00. The normalized spacial score (nSPS) is 14.9. The van der Waals surface area contributed by atoms with Crippen molar-refractivity contribution in [3.8, 4) is 5.75 Å². The summed E-state index contributed by atoms with van der Waals surface area (Å²) in [6, 6.07) is 5.69. The van der Waals surface area contributed by atoms with Crippen molar-refractivity contribution in [2.45, 2.75) is 25.4 Å². The number of hydrogen-bond donors (Lipinski definition) is 1. The summed E-state index contributed by atoms with van der Waals surface area (Å²) in [5.74, 6) is 2.49. The summed E-state index contributed by atoms with van der Waals surface area (Å²) in [6.07, 6.45) is 3.96. The first-order valence-electron chi connectivity index (χ1n) is 6.27. The van der Waals surface area contributed by atoms with Crippen molar-refractivity contribution in [2.24, 2.45) is 0 Å². The first-order valence-corrected chi connectivity index (χ1v) is 6.27. The molecule has 0 amide bonds. The van der Waals surface area contributed by atoms with Gasteiger partial charge in [-0.25, -0.2) is 4.98 Å². The van der Waals surface area contributed by atoms with E-state index in [0.29, 0.717) is 18.4 Å². The smallest absolute Gasteiger partial charge is 0.253 e. The predicted molar refractivity (Wildman–Crippen MR) is 66.7 cm³/mol. The molecule has 2 heterocycles. The van der Waals surface area contributed by atoms with Crippen molar-refractivity contribution in [3.63, 3.8) is 0 Å². The first kappa shape index (κ1) is 10.5. The van der Waals surface area contributed by atoms with Crippen LogP contribution in [-0.2, 0) is 6.61 Å². The molecular weight excluding hydrogens is 244 g/mol. The molecule has 0 aliphatic heterocycles. The lowest BCUT2D eigenvalue weighted by molar-refractivity contribution is 0.259. The minimum atomic E-state index is 0.291. The number of nitrogens with zero attached hydrogens (tertiary/aromatic N) is 3. The molecule has 6 heteroatoms. The number of aromatic nitrogens is 4. The third-order valence-corrected chi connectivity index (χ3v) is 3.16. The molecule has 1 saturated carbocycles. The zero-order valence-corrected chi connectivity index (χ0v) is 10.2. The number of rotatable bonds is 4. The predicted octanol–water partition coefficient (Wildman–Crippen LogP) is 2.40. The van der Waals surface area contributed by atoms with Gasteiger partial charge in [0.1, 0.15) is 5.75 Å². The van der Waals surface area contributed by atoms with Crippen LogP contribution in [0.15, 0.2) is 28.9 Å². The highest BCUT2D eigenvalue weighted by Gasteiger charge is 2.29. The Kier molecular flexibility index (Phi) is 2.26. The summed E-state index contributed by atoms with van der Waals surface area (Å²) < 4.78 is 11.2. The van der Waals surface area contributed by atoms with Crippen LogP contribution in [0.2, 0.25) is 0 Å². The van der Waals surface area contributed by atoms with E-state index in [2.05, 4.69) is 20.2 Å². The number of hydrogen-bond acceptors (Lipinski definition) is 5. The van der Waals surface area contributed by atoms with Crippen molar-refractivity contribution >= 4 is 11.0 Å². The fraction of sp³-hybridized carbons (Fsp3) is 0.308. The van der Waals surface area contributed by atoms with Crippen LogP contribution in [0.1, 0.15) is 30.5 Å². The number of aromatic amines is 1. The van der Waals surface area contributed by atoms with E-state index in [1.165, 1.54) is 0 Å². The van der Waals surface area contributed by atoms with Crippen molar-refractivity contribution in [2.75, 3.05) is 0 Å². The molecule has 0 bridgehead atoms. The van der Waals surface area contributed by atoms with E-state index in [0.717, 1.165) is 35.5 Å². The zero-order chi connectivity index (χ0) is 12.7. The van der Waals surface area contributed by atoms with Crippen LogP contribution in [0.5, 0.6) is 5.75 Å². The lowest BCUT2D eigenvalue weighted by atomic mass is 10.3. The van der Waals surface area contributed by atoms with Crippen LogP contribution in [0, 0.1) is 0 Å². The Hall–Kier alpha value is -2.37. The van der Waals surface area contributed by atoms with Crippen LogP contribution in [0.3, 0.4) is 0 Å². The van der Waals surface area contributed by atoms with Gasteiger partial charge in [-0.3, -0.25) is 0 Å². The maximum absolute atomic E-state index is 5.64. The van der Waals surface area contributed by atoms with Gasteiger partial charge in [-0.2, -0.15) is 0 Å². The minimum Gasteiger partial charge on any atom is -0.484 e. The Morgan fingerprint density at radius 2 is 2.26 bits per heavy atom. The Balaban J connectivity index is 1.47. The number of H-pyrrole nitrogens is 1. The van der Waals surface area contributed by atoms with Crippen molar-refractivity contribution in [1.29, 1.82) is 0 Å². The summed E-state index contributed by atoms with van der Waals surface area (Å²) >= 11 is 0. The standard InChI is InChI=1S/C13H12N4O2/c1-2-8(1)13-17-16-12(19-13)6-18-9-3-4-10-11(5-9)15-7-14-10/h3-5,7-8H,1-2,6H2,(H,14,15). The molecule has 2 aromatic heterocycles. The fourth-order valence-corrected chi connectivity index (χ4v) is 1.97. The van der Waals surface area contributed by atoms with Gasteiger partial charge in [0.25, 0.3) is 5.89 Å². The molecule has 96 valence electrons. The Labute approximate surface area is 108 Å². The van der Waals surface area contributed by atoms with Crippen LogP contribution in [-0.4, -0.2) is 20.2 Å². The largest absolute Gasteiger partial charge is 0.484 e. The molecule has 0 saturated heterocycles. The van der Waals surface area contributed by atoms with E-state index in [9.17, 15) is 0 Å². The van der Waals surface area contributed by atoms with Gasteiger partial charge in [-0.05, 0) is 25.0 Å². The molecule has 1 fully saturated rings. The van der Waals surface area contributed by atoms with Crippen molar-refractivity contribution < 1.29 is 9.15 Å². The quantitative estimate of drug-likeness (QED) is 0.775. The van der Waals surface area contributed by atoms with Gasteiger partial charge in [0.15, 0.2) is 6.61 Å². The maximum Gasteiger partial charge on any atom is 0.253 e. The molecule has 0 spiro atoms. The van der Waals surface area contributed by atoms with Crippen molar-refractivity contribution in [1.82, 2.24) is 20.2 Å². The summed E-state index contributed by atoms with van der Waals surface area (Å²) in [5.41, 5.74) is 1.86. The van der Waals surface area contributed by atoms with Crippen LogP contribution < -0.4 is 4.74 Å². The molecule has 3 aromatic rings. The molecule has 1 aliphatic rings. The lowest BCUT2D eigenvalue weighted by Crippen LogP contribution is -1.95. The monoisotopic (exact) mass is 256 g/mol. The summed E-state index contributed by atoms with van der Waals surface area (Å²) in [4.78, 5) is 7.20. The number of imidazole rings is 1. The molecule has 6 nitrogen and oxygen atoms in total. The van der Waals surface area contributed by atoms with Gasteiger partial charge >= 0.3 is 0 Å². The first-order chi connectivity index (χ1) is 9.38. The highest BCUT2D eigenvalue weighted by molar-refractivity contribution is 5.75. The zero-order valence-electron chi connectivity index (χ0n) is 10.2. The number of ether oxygens (including phenoxy) is 1. The Bertz CT molecular complexity index is 714. The molecule has 1 N–H and O–H groups in total. The average molecular weight is 256 g/mol. The second-order valence-electron chi connectivity index (χ2n) is 4.68. The van der Waals surface area contributed by atoms with Gasteiger partial charge in [-0.15, -0.1) is 10.2 Å². The molecule has 19 heavy (non-hydrogen) atoms. The summed E-state index contributed by atoms with van der Waals surface area (Å²) in [7, 11) is 0. The SMILES string of the molecule is c1nc2ccc(OCc3nnc(C4CC4)o3)cc2[nH]1. The number of benzene rings is 1.